The van der Waals surface area contributed by atoms with E-state index in [4.69, 9.17) is 14.2 Å². The van der Waals surface area contributed by atoms with E-state index in [0.29, 0.717) is 59.4 Å². The minimum atomic E-state index is -0.383. The van der Waals surface area contributed by atoms with Crippen molar-refractivity contribution in [3.8, 4) is 28.4 Å². The molecule has 4 rings (SSSR count). The molecule has 0 unspecified atom stereocenters. The molecule has 11 heteroatoms. The number of aromatic nitrogens is 1. The topological polar surface area (TPSA) is 128 Å². The molecule has 10 nitrogen and oxygen atoms in total. The first-order chi connectivity index (χ1) is 19.7. The predicted octanol–water partition coefficient (Wildman–Crippen LogP) is 4.77. The van der Waals surface area contributed by atoms with Crippen LogP contribution in [0.3, 0.4) is 0 Å². The highest BCUT2D eigenvalue weighted by Crippen LogP contribution is 2.50. The van der Waals surface area contributed by atoms with Gasteiger partial charge >= 0.3 is 0 Å². The molecule has 0 aliphatic heterocycles. The van der Waals surface area contributed by atoms with E-state index in [1.807, 2.05) is 26.0 Å². The largest absolute Gasteiger partial charge is 0.493 e. The predicted molar refractivity (Wildman–Crippen MR) is 161 cm³/mol. The summed E-state index contributed by atoms with van der Waals surface area (Å²) in [5.74, 6) is 1.17. The van der Waals surface area contributed by atoms with Crippen molar-refractivity contribution in [2.75, 3.05) is 38.5 Å². The summed E-state index contributed by atoms with van der Waals surface area (Å²) in [6.07, 6.45) is 2.01. The second-order valence-corrected chi connectivity index (χ2v) is 11.0. The number of aryl methyl sites for hydroxylation is 3. The number of methoxy groups -OCH3 is 3. The molecule has 0 saturated carbocycles. The number of rotatable bonds is 10. The van der Waals surface area contributed by atoms with Gasteiger partial charge in [0.15, 0.2) is 16.6 Å². The monoisotopic (exact) mass is 580 g/mol. The smallest absolute Gasteiger partial charge is 0.226 e. The summed E-state index contributed by atoms with van der Waals surface area (Å²) in [7, 11) is 4.68. The van der Waals surface area contributed by atoms with Crippen LogP contribution in [0, 0.1) is 13.8 Å². The van der Waals surface area contributed by atoms with Crippen LogP contribution in [0.2, 0.25) is 0 Å². The number of fused-ring (bicyclic) bond motifs is 3. The Kier molecular flexibility index (Phi) is 9.49. The zero-order valence-electron chi connectivity index (χ0n) is 24.2. The number of benzene rings is 1. The third kappa shape index (κ3) is 6.62. The van der Waals surface area contributed by atoms with Gasteiger partial charge in [-0.25, -0.2) is 4.98 Å². The summed E-state index contributed by atoms with van der Waals surface area (Å²) in [5.41, 5.74) is 4.28. The van der Waals surface area contributed by atoms with Crippen molar-refractivity contribution in [1.29, 1.82) is 0 Å². The lowest BCUT2D eigenvalue weighted by Gasteiger charge is -2.19. The van der Waals surface area contributed by atoms with Crippen molar-refractivity contribution in [3.05, 3.63) is 56.2 Å². The molecule has 0 bridgehead atoms. The van der Waals surface area contributed by atoms with Crippen molar-refractivity contribution in [2.45, 2.75) is 52.5 Å². The first-order valence-electron chi connectivity index (χ1n) is 13.4. The highest BCUT2D eigenvalue weighted by molar-refractivity contribution is 7.15. The van der Waals surface area contributed by atoms with Crippen LogP contribution in [0.1, 0.15) is 53.9 Å². The summed E-state index contributed by atoms with van der Waals surface area (Å²) in [6.45, 7) is 5.76. The molecule has 1 aromatic heterocycles. The minimum absolute atomic E-state index is 0.126. The molecule has 0 saturated heterocycles. The van der Waals surface area contributed by atoms with Crippen molar-refractivity contribution in [1.82, 2.24) is 10.3 Å². The molecule has 0 radical (unpaired) electrons. The fourth-order valence-electron chi connectivity index (χ4n) is 5.03. The molecule has 2 aromatic carbocycles. The maximum atomic E-state index is 13.4. The zero-order valence-corrected chi connectivity index (χ0v) is 25.0. The van der Waals surface area contributed by atoms with Crippen LogP contribution in [0.25, 0.3) is 11.1 Å². The van der Waals surface area contributed by atoms with Gasteiger partial charge in [0.1, 0.15) is 0 Å². The van der Waals surface area contributed by atoms with Gasteiger partial charge < -0.3 is 30.2 Å². The molecule has 1 atom stereocenters. The second kappa shape index (κ2) is 13.0. The van der Waals surface area contributed by atoms with E-state index in [2.05, 4.69) is 20.9 Å². The Labute approximate surface area is 243 Å². The second-order valence-electron chi connectivity index (χ2n) is 9.83. The molecule has 2 amide bonds. The summed E-state index contributed by atoms with van der Waals surface area (Å²) in [4.78, 5) is 43.3. The van der Waals surface area contributed by atoms with Crippen LogP contribution >= 0.6 is 11.3 Å². The highest BCUT2D eigenvalue weighted by atomic mass is 32.1. The molecular formula is C30H36N4O6S. The highest BCUT2D eigenvalue weighted by Gasteiger charge is 2.29. The Balaban J connectivity index is 1.63. The Bertz CT molecular complexity index is 1500. The van der Waals surface area contributed by atoms with Gasteiger partial charge in [0.05, 0.1) is 38.8 Å². The third-order valence-electron chi connectivity index (χ3n) is 7.09. The zero-order chi connectivity index (χ0) is 29.7. The van der Waals surface area contributed by atoms with E-state index in [-0.39, 0.29) is 29.7 Å². The Hall–Kier alpha value is -4.12. The lowest BCUT2D eigenvalue weighted by molar-refractivity contribution is -0.119. The Morgan fingerprint density at radius 1 is 1.07 bits per heavy atom. The minimum Gasteiger partial charge on any atom is -0.493 e. The molecular weight excluding hydrogens is 544 g/mol. The van der Waals surface area contributed by atoms with Crippen molar-refractivity contribution >= 4 is 34.0 Å². The summed E-state index contributed by atoms with van der Waals surface area (Å²) in [6, 6.07) is 6.71. The lowest BCUT2D eigenvalue weighted by Crippen LogP contribution is -2.26. The summed E-state index contributed by atoms with van der Waals surface area (Å²) >= 11 is 1.45. The average Bonchev–Trinajstić information content (AvgIpc) is 3.07. The van der Waals surface area contributed by atoms with Crippen molar-refractivity contribution < 1.29 is 23.8 Å². The first kappa shape index (κ1) is 29.9. The van der Waals surface area contributed by atoms with Gasteiger partial charge in [-0.05, 0) is 68.0 Å². The normalized spacial score (nSPS) is 13.8. The number of nitrogens with zero attached hydrogens (tertiary/aromatic N) is 1. The lowest BCUT2D eigenvalue weighted by atomic mass is 9.95. The van der Waals surface area contributed by atoms with Gasteiger partial charge in [-0.2, -0.15) is 0 Å². The molecule has 3 aromatic rings. The molecule has 218 valence electrons. The van der Waals surface area contributed by atoms with E-state index < -0.39 is 0 Å². The van der Waals surface area contributed by atoms with Gasteiger partial charge in [0.25, 0.3) is 0 Å². The van der Waals surface area contributed by atoms with E-state index in [1.54, 1.807) is 33.5 Å². The number of hydrogen-bond acceptors (Lipinski definition) is 9. The maximum Gasteiger partial charge on any atom is 0.226 e. The third-order valence-corrected chi connectivity index (χ3v) is 8.08. The van der Waals surface area contributed by atoms with Crippen molar-refractivity contribution in [3.63, 3.8) is 0 Å². The standard InChI is InChI=1S/C30H36N4O6S/c1-16-17(2)41-30(32-16)34-26(37)8-7-13-31-23-12-10-20-21(15-24(23)36)22(33-18(3)35)11-9-19-14-25(38-4)28(39-5)29(40-6)27(19)20/h10,12,14-15,22H,7-9,11,13H2,1-6H3,(H,31,36)(H,33,35)(H,32,34,37)/t22-/m1/s1. The van der Waals surface area contributed by atoms with E-state index in [9.17, 15) is 14.4 Å². The van der Waals surface area contributed by atoms with Crippen molar-refractivity contribution in [2.24, 2.45) is 0 Å². The van der Waals surface area contributed by atoms with Gasteiger partial charge in [-0.1, -0.05) is 6.07 Å². The summed E-state index contributed by atoms with van der Waals surface area (Å²) < 4.78 is 17.0. The van der Waals surface area contributed by atoms with Crippen LogP contribution in [0.5, 0.6) is 17.2 Å². The fraction of sp³-hybridized carbons (Fsp3) is 0.400. The molecule has 41 heavy (non-hydrogen) atoms. The number of carbonyl (C=O) groups is 2. The van der Waals surface area contributed by atoms with Gasteiger partial charge in [0, 0.05) is 30.3 Å². The average molecular weight is 581 g/mol. The molecule has 1 aliphatic rings. The van der Waals surface area contributed by atoms with Crippen LogP contribution in [0.15, 0.2) is 29.1 Å². The van der Waals surface area contributed by atoms with Gasteiger partial charge in [-0.15, -0.1) is 11.3 Å². The molecule has 1 aliphatic carbocycles. The SMILES string of the molecule is COc1cc2c(c(OC)c1OC)-c1ccc(NCCCC(=O)Nc3nc(C)c(C)s3)c(=O)cc1[C@H](NC(C)=O)CC2. The van der Waals surface area contributed by atoms with E-state index in [1.165, 1.54) is 18.3 Å². The number of carbonyl (C=O) groups excluding carboxylic acids is 2. The van der Waals surface area contributed by atoms with E-state index >= 15 is 0 Å². The van der Waals surface area contributed by atoms with Crippen LogP contribution < -0.4 is 35.6 Å². The number of thiazole rings is 1. The number of ether oxygens (including phenoxy) is 3. The fourth-order valence-corrected chi connectivity index (χ4v) is 5.86. The number of hydrogen-bond donors (Lipinski definition) is 3. The van der Waals surface area contributed by atoms with Gasteiger partial charge in [0.2, 0.25) is 23.0 Å². The van der Waals surface area contributed by atoms with Crippen LogP contribution in [-0.4, -0.2) is 44.7 Å². The van der Waals surface area contributed by atoms with E-state index in [0.717, 1.165) is 27.3 Å². The van der Waals surface area contributed by atoms with Gasteiger partial charge in [-0.3, -0.25) is 14.4 Å². The quantitative estimate of drug-likeness (QED) is 0.293. The first-order valence-corrected chi connectivity index (χ1v) is 14.2. The summed E-state index contributed by atoms with van der Waals surface area (Å²) in [5, 5.41) is 9.62. The van der Waals surface area contributed by atoms with Crippen LogP contribution in [0.4, 0.5) is 10.8 Å². The maximum absolute atomic E-state index is 13.4. The Morgan fingerprint density at radius 2 is 1.83 bits per heavy atom. The number of nitrogens with one attached hydrogen (secondary N) is 3. The Morgan fingerprint density at radius 3 is 2.46 bits per heavy atom. The number of anilines is 2. The molecule has 3 N–H and O–H groups in total. The number of amides is 2. The van der Waals surface area contributed by atoms with Crippen LogP contribution in [-0.2, 0) is 16.0 Å². The molecule has 0 fully saturated rings. The molecule has 0 spiro atoms. The molecule has 1 heterocycles.